The maximum Gasteiger partial charge on any atom is 0.107 e. The first kappa shape index (κ1) is 11.9. The van der Waals surface area contributed by atoms with Crippen LogP contribution in [0.2, 0.25) is 0 Å². The molecule has 96 valence electrons. The van der Waals surface area contributed by atoms with Crippen molar-refractivity contribution in [1.82, 2.24) is 19.7 Å². The number of hydrogen-bond donors (Lipinski definition) is 0. The number of thiazole rings is 1. The predicted molar refractivity (Wildman–Crippen MR) is 72.7 cm³/mol. The van der Waals surface area contributed by atoms with E-state index in [-0.39, 0.29) is 0 Å². The highest BCUT2D eigenvalue weighted by Crippen LogP contribution is 2.24. The molecule has 0 aromatic carbocycles. The van der Waals surface area contributed by atoms with E-state index in [1.165, 1.54) is 17.1 Å². The molecule has 0 amide bonds. The van der Waals surface area contributed by atoms with E-state index in [4.69, 9.17) is 0 Å². The van der Waals surface area contributed by atoms with Gasteiger partial charge in [-0.2, -0.15) is 5.10 Å². The minimum absolute atomic E-state index is 0.527. The van der Waals surface area contributed by atoms with Crippen LogP contribution in [0, 0.1) is 13.8 Å². The first-order valence-corrected chi connectivity index (χ1v) is 7.24. The molecule has 2 aromatic heterocycles. The van der Waals surface area contributed by atoms with Crippen LogP contribution in [0.1, 0.15) is 28.9 Å². The van der Waals surface area contributed by atoms with E-state index >= 15 is 0 Å². The second-order valence-corrected chi connectivity index (χ2v) is 5.95. The van der Waals surface area contributed by atoms with Crippen LogP contribution in [0.5, 0.6) is 0 Å². The van der Waals surface area contributed by atoms with Gasteiger partial charge >= 0.3 is 0 Å². The van der Waals surface area contributed by atoms with Crippen molar-refractivity contribution in [1.29, 1.82) is 0 Å². The molecular formula is C13H18N4S. The molecule has 3 heterocycles. The molecule has 0 saturated carbocycles. The third-order valence-electron chi connectivity index (χ3n) is 3.48. The quantitative estimate of drug-likeness (QED) is 0.852. The van der Waals surface area contributed by atoms with Crippen molar-refractivity contribution < 1.29 is 0 Å². The zero-order valence-corrected chi connectivity index (χ0v) is 11.7. The summed E-state index contributed by atoms with van der Waals surface area (Å²) in [7, 11) is 0. The summed E-state index contributed by atoms with van der Waals surface area (Å²) in [5.41, 5.74) is 2.39. The summed E-state index contributed by atoms with van der Waals surface area (Å²) in [5.74, 6) is 0. The minimum Gasteiger partial charge on any atom is -0.294 e. The lowest BCUT2D eigenvalue weighted by Crippen LogP contribution is -2.21. The van der Waals surface area contributed by atoms with Crippen LogP contribution in [0.3, 0.4) is 0 Å². The fourth-order valence-electron chi connectivity index (χ4n) is 2.69. The number of rotatable bonds is 3. The van der Waals surface area contributed by atoms with Gasteiger partial charge in [0, 0.05) is 30.4 Å². The maximum atomic E-state index is 4.60. The van der Waals surface area contributed by atoms with Crippen LogP contribution < -0.4 is 0 Å². The summed E-state index contributed by atoms with van der Waals surface area (Å²) in [5, 5.41) is 7.86. The molecule has 1 unspecified atom stereocenters. The molecule has 0 radical (unpaired) electrons. The van der Waals surface area contributed by atoms with Crippen LogP contribution in [0.15, 0.2) is 17.6 Å². The molecule has 18 heavy (non-hydrogen) atoms. The van der Waals surface area contributed by atoms with Crippen molar-refractivity contribution in [3.63, 3.8) is 0 Å². The van der Waals surface area contributed by atoms with E-state index in [9.17, 15) is 0 Å². The normalized spacial score (nSPS) is 20.7. The van der Waals surface area contributed by atoms with Gasteiger partial charge in [0.2, 0.25) is 0 Å². The molecule has 4 nitrogen and oxygen atoms in total. The lowest BCUT2D eigenvalue weighted by atomic mass is 10.2. The van der Waals surface area contributed by atoms with Crippen molar-refractivity contribution in [2.45, 2.75) is 32.9 Å². The smallest absolute Gasteiger partial charge is 0.107 e. The van der Waals surface area contributed by atoms with Crippen LogP contribution >= 0.6 is 11.3 Å². The third kappa shape index (κ3) is 2.33. The van der Waals surface area contributed by atoms with Crippen molar-refractivity contribution in [3.05, 3.63) is 34.0 Å². The number of likely N-dealkylation sites (tertiary alicyclic amines) is 1. The Kier molecular flexibility index (Phi) is 3.18. The highest BCUT2D eigenvalue weighted by molar-refractivity contribution is 7.09. The number of hydrogen-bond acceptors (Lipinski definition) is 4. The molecule has 0 N–H and O–H groups in total. The molecule has 0 bridgehead atoms. The standard InChI is InChI=1S/C13H18N4S/c1-10-7-11(2)17(15-10)12-3-5-16(8-12)9-13-14-4-6-18-13/h4,6-7,12H,3,5,8-9H2,1-2H3. The van der Waals surface area contributed by atoms with E-state index in [1.54, 1.807) is 11.3 Å². The van der Waals surface area contributed by atoms with Crippen LogP contribution in [0.4, 0.5) is 0 Å². The van der Waals surface area contributed by atoms with Crippen molar-refractivity contribution >= 4 is 11.3 Å². The zero-order valence-electron chi connectivity index (χ0n) is 10.8. The molecule has 2 aromatic rings. The monoisotopic (exact) mass is 262 g/mol. The van der Waals surface area contributed by atoms with Gasteiger partial charge in [-0.05, 0) is 26.3 Å². The molecule has 1 aliphatic heterocycles. The Morgan fingerprint density at radius 2 is 2.33 bits per heavy atom. The van der Waals surface area contributed by atoms with Gasteiger partial charge in [0.05, 0.1) is 18.3 Å². The molecule has 1 atom stereocenters. The van der Waals surface area contributed by atoms with Gasteiger partial charge in [0.1, 0.15) is 5.01 Å². The predicted octanol–water partition coefficient (Wildman–Crippen LogP) is 2.40. The van der Waals surface area contributed by atoms with Gasteiger partial charge in [-0.15, -0.1) is 11.3 Å². The van der Waals surface area contributed by atoms with Crippen molar-refractivity contribution in [3.8, 4) is 0 Å². The molecule has 0 aliphatic carbocycles. The van der Waals surface area contributed by atoms with E-state index in [2.05, 4.69) is 39.6 Å². The first-order chi connectivity index (χ1) is 8.72. The first-order valence-electron chi connectivity index (χ1n) is 6.36. The molecular weight excluding hydrogens is 244 g/mol. The summed E-state index contributed by atoms with van der Waals surface area (Å²) < 4.78 is 2.19. The minimum atomic E-state index is 0.527. The van der Waals surface area contributed by atoms with E-state index in [0.717, 1.165) is 25.3 Å². The number of aromatic nitrogens is 3. The molecule has 1 fully saturated rings. The Hall–Kier alpha value is -1.20. The number of nitrogens with zero attached hydrogens (tertiary/aromatic N) is 4. The second-order valence-electron chi connectivity index (χ2n) is 4.98. The molecule has 5 heteroatoms. The average molecular weight is 262 g/mol. The fraction of sp³-hybridized carbons (Fsp3) is 0.538. The van der Waals surface area contributed by atoms with Crippen molar-refractivity contribution in [2.75, 3.05) is 13.1 Å². The van der Waals surface area contributed by atoms with E-state index in [1.807, 2.05) is 11.6 Å². The summed E-state index contributed by atoms with van der Waals surface area (Å²) in [6, 6.07) is 2.68. The summed E-state index contributed by atoms with van der Waals surface area (Å²) in [6.07, 6.45) is 3.07. The Bertz CT molecular complexity index is 517. The Morgan fingerprint density at radius 3 is 3.00 bits per heavy atom. The lowest BCUT2D eigenvalue weighted by molar-refractivity contribution is 0.310. The van der Waals surface area contributed by atoms with Gasteiger partial charge in [0.25, 0.3) is 0 Å². The van der Waals surface area contributed by atoms with E-state index < -0.39 is 0 Å². The summed E-state index contributed by atoms with van der Waals surface area (Å²) in [4.78, 5) is 6.83. The van der Waals surface area contributed by atoms with E-state index in [0.29, 0.717) is 6.04 Å². The third-order valence-corrected chi connectivity index (χ3v) is 4.24. The van der Waals surface area contributed by atoms with Gasteiger partial charge in [-0.1, -0.05) is 0 Å². The largest absolute Gasteiger partial charge is 0.294 e. The summed E-state index contributed by atoms with van der Waals surface area (Å²) in [6.45, 7) is 7.41. The maximum absolute atomic E-state index is 4.60. The van der Waals surface area contributed by atoms with Gasteiger partial charge in [0.15, 0.2) is 0 Å². The number of aryl methyl sites for hydroxylation is 2. The Labute approximate surface area is 111 Å². The molecule has 1 aliphatic rings. The highest BCUT2D eigenvalue weighted by atomic mass is 32.1. The average Bonchev–Trinajstić information content (AvgIpc) is 3.01. The Morgan fingerprint density at radius 1 is 1.44 bits per heavy atom. The van der Waals surface area contributed by atoms with Crippen LogP contribution in [-0.4, -0.2) is 32.8 Å². The second kappa shape index (κ2) is 4.82. The van der Waals surface area contributed by atoms with Crippen LogP contribution in [-0.2, 0) is 6.54 Å². The van der Waals surface area contributed by atoms with Crippen molar-refractivity contribution in [2.24, 2.45) is 0 Å². The molecule has 0 spiro atoms. The highest BCUT2D eigenvalue weighted by Gasteiger charge is 2.25. The lowest BCUT2D eigenvalue weighted by Gasteiger charge is -2.15. The SMILES string of the molecule is Cc1cc(C)n(C2CCN(Cc3nccs3)C2)n1. The zero-order chi connectivity index (χ0) is 12.5. The Balaban J connectivity index is 1.66. The fourth-order valence-corrected chi connectivity index (χ4v) is 3.35. The molecule has 1 saturated heterocycles. The summed E-state index contributed by atoms with van der Waals surface area (Å²) >= 11 is 1.74. The topological polar surface area (TPSA) is 34.0 Å². The van der Waals surface area contributed by atoms with Gasteiger partial charge in [-0.25, -0.2) is 4.98 Å². The van der Waals surface area contributed by atoms with Gasteiger partial charge < -0.3 is 0 Å². The van der Waals surface area contributed by atoms with Crippen LogP contribution in [0.25, 0.3) is 0 Å². The van der Waals surface area contributed by atoms with Gasteiger partial charge in [-0.3, -0.25) is 9.58 Å². The molecule has 3 rings (SSSR count).